The highest BCUT2D eigenvalue weighted by molar-refractivity contribution is 8.25. The van der Waals surface area contributed by atoms with Gasteiger partial charge in [-0.2, -0.15) is 0 Å². The lowest BCUT2D eigenvalue weighted by Crippen LogP contribution is -2.28. The zero-order chi connectivity index (χ0) is 15.6. The van der Waals surface area contributed by atoms with Crippen molar-refractivity contribution in [2.75, 3.05) is 13.2 Å². The van der Waals surface area contributed by atoms with E-state index in [0.29, 0.717) is 18.5 Å². The summed E-state index contributed by atoms with van der Waals surface area (Å²) in [6, 6.07) is 10.1. The van der Waals surface area contributed by atoms with Crippen LogP contribution in [0, 0.1) is 5.92 Å². The first-order valence-corrected chi connectivity index (χ1v) is 10.9. The molecule has 2 bridgehead atoms. The van der Waals surface area contributed by atoms with Gasteiger partial charge in [0.2, 0.25) is 0 Å². The van der Waals surface area contributed by atoms with Crippen LogP contribution in [-0.2, 0) is 13.6 Å². The summed E-state index contributed by atoms with van der Waals surface area (Å²) in [5.74, 6) is 0.219. The molecule has 0 saturated carbocycles. The number of allylic oxidation sites excluding steroid dienone is 1. The summed E-state index contributed by atoms with van der Waals surface area (Å²) in [4.78, 5) is 1.11. The largest absolute Gasteiger partial charge is 0.357 e. The Morgan fingerprint density at radius 1 is 1.23 bits per heavy atom. The number of fused-ring (bicyclic) bond motifs is 2. The van der Waals surface area contributed by atoms with Crippen molar-refractivity contribution in [2.24, 2.45) is 5.92 Å². The molecule has 1 saturated heterocycles. The highest BCUT2D eigenvalue weighted by Crippen LogP contribution is 2.79. The summed E-state index contributed by atoms with van der Waals surface area (Å²) in [5.41, 5.74) is 0. The van der Waals surface area contributed by atoms with Crippen molar-refractivity contribution < 1.29 is 13.6 Å². The van der Waals surface area contributed by atoms with Crippen molar-refractivity contribution in [2.45, 2.75) is 34.2 Å². The number of thioether (sulfide) groups is 2. The van der Waals surface area contributed by atoms with Crippen molar-refractivity contribution in [1.82, 2.24) is 0 Å². The molecule has 6 heteroatoms. The maximum Gasteiger partial charge on any atom is 0.357 e. The van der Waals surface area contributed by atoms with E-state index in [2.05, 4.69) is 24.3 Å². The van der Waals surface area contributed by atoms with Crippen molar-refractivity contribution in [3.8, 4) is 0 Å². The number of hydrogen-bond donors (Lipinski definition) is 0. The van der Waals surface area contributed by atoms with Crippen molar-refractivity contribution in [1.29, 1.82) is 0 Å². The minimum atomic E-state index is -3.23. The van der Waals surface area contributed by atoms with Crippen LogP contribution in [0.15, 0.2) is 47.4 Å². The monoisotopic (exact) mass is 356 g/mol. The molecular formula is C16H21O3PS2. The van der Waals surface area contributed by atoms with E-state index in [1.807, 2.05) is 32.0 Å². The molecule has 22 heavy (non-hydrogen) atoms. The number of hydrogen-bond acceptors (Lipinski definition) is 5. The lowest BCUT2D eigenvalue weighted by atomic mass is 10.2. The summed E-state index contributed by atoms with van der Waals surface area (Å²) in [7, 11) is -3.23. The molecule has 3 nitrogen and oxygen atoms in total. The van der Waals surface area contributed by atoms with Crippen molar-refractivity contribution in [3.05, 3.63) is 42.5 Å². The summed E-state index contributed by atoms with van der Waals surface area (Å²) in [6.07, 6.45) is 5.44. The lowest BCUT2D eigenvalue weighted by molar-refractivity contribution is 0.213. The van der Waals surface area contributed by atoms with Gasteiger partial charge in [-0.15, -0.1) is 11.8 Å². The van der Waals surface area contributed by atoms with E-state index in [0.717, 1.165) is 11.3 Å². The van der Waals surface area contributed by atoms with E-state index < -0.39 is 11.4 Å². The van der Waals surface area contributed by atoms with E-state index in [1.54, 1.807) is 23.5 Å². The van der Waals surface area contributed by atoms with Crippen molar-refractivity contribution in [3.63, 3.8) is 0 Å². The van der Waals surface area contributed by atoms with E-state index in [9.17, 15) is 4.57 Å². The second kappa shape index (κ2) is 6.74. The molecule has 0 radical (unpaired) electrons. The molecule has 1 aromatic rings. The van der Waals surface area contributed by atoms with Crippen LogP contribution in [0.4, 0.5) is 0 Å². The van der Waals surface area contributed by atoms with Gasteiger partial charge >= 0.3 is 7.60 Å². The van der Waals surface area contributed by atoms with Gasteiger partial charge < -0.3 is 9.05 Å². The second-order valence-corrected chi connectivity index (χ2v) is 11.1. The predicted molar refractivity (Wildman–Crippen MR) is 94.5 cm³/mol. The molecule has 2 aliphatic rings. The topological polar surface area (TPSA) is 35.5 Å². The smallest absolute Gasteiger partial charge is 0.307 e. The molecule has 1 aliphatic heterocycles. The Hall–Kier alpha value is -0.190. The minimum Gasteiger partial charge on any atom is -0.307 e. The van der Waals surface area contributed by atoms with Gasteiger partial charge in [0.05, 0.1) is 13.2 Å². The molecular weight excluding hydrogens is 335 g/mol. The fourth-order valence-electron chi connectivity index (χ4n) is 2.97. The van der Waals surface area contributed by atoms with E-state index in [1.165, 1.54) is 0 Å². The summed E-state index contributed by atoms with van der Waals surface area (Å²) < 4.78 is 24.5. The zero-order valence-electron chi connectivity index (χ0n) is 12.8. The third kappa shape index (κ3) is 2.83. The van der Waals surface area contributed by atoms with Gasteiger partial charge in [0.1, 0.15) is 0 Å². The third-order valence-electron chi connectivity index (χ3n) is 3.82. The average molecular weight is 356 g/mol. The van der Waals surface area contributed by atoms with E-state index in [-0.39, 0.29) is 5.92 Å². The molecule has 1 aromatic carbocycles. The Labute approximate surface area is 140 Å². The number of benzene rings is 1. The van der Waals surface area contributed by atoms with Gasteiger partial charge in [-0.25, -0.2) is 0 Å². The number of rotatable bonds is 7. The Morgan fingerprint density at radius 2 is 1.91 bits per heavy atom. The molecule has 3 atom stereocenters. The molecule has 1 aliphatic carbocycles. The maximum atomic E-state index is 13.6. The van der Waals surface area contributed by atoms with Crippen LogP contribution in [0.25, 0.3) is 0 Å². The van der Waals surface area contributed by atoms with Crippen LogP contribution in [-0.4, -0.2) is 22.3 Å². The fourth-order valence-corrected chi connectivity index (χ4v) is 10.1. The quantitative estimate of drug-likeness (QED) is 0.483. The van der Waals surface area contributed by atoms with Crippen LogP contribution >= 0.6 is 31.1 Å². The molecule has 0 N–H and O–H groups in total. The molecule has 1 fully saturated rings. The molecule has 0 spiro atoms. The summed E-state index contributed by atoms with van der Waals surface area (Å²) >= 11 is 3.40. The lowest BCUT2D eigenvalue weighted by Gasteiger charge is -2.39. The van der Waals surface area contributed by atoms with Crippen LogP contribution < -0.4 is 0 Å². The van der Waals surface area contributed by atoms with Gasteiger partial charge in [-0.05, 0) is 32.4 Å². The highest BCUT2D eigenvalue weighted by atomic mass is 32.2. The SMILES string of the molecule is CCOP(=O)(OCC)C1(Sc2ccccc2)SC2C=CC1C2. The predicted octanol–water partition coefficient (Wildman–Crippen LogP) is 5.39. The summed E-state index contributed by atoms with van der Waals surface area (Å²) in [5, 5.41) is 0.412. The Kier molecular flexibility index (Phi) is 5.10. The summed E-state index contributed by atoms with van der Waals surface area (Å²) in [6.45, 7) is 4.55. The molecule has 3 rings (SSSR count). The zero-order valence-corrected chi connectivity index (χ0v) is 15.3. The second-order valence-electron chi connectivity index (χ2n) is 5.26. The molecule has 3 unspecified atom stereocenters. The first-order chi connectivity index (χ1) is 10.6. The van der Waals surface area contributed by atoms with Gasteiger partial charge in [0.25, 0.3) is 0 Å². The standard InChI is InChI=1S/C16H21O3PS2/c1-3-18-20(17,19-4-2)16(13-10-11-15(12-13)22-16)21-14-8-6-5-7-9-14/h5-11,13,15H,3-4,12H2,1-2H3. The highest BCUT2D eigenvalue weighted by Gasteiger charge is 2.63. The normalized spacial score (nSPS) is 30.1. The van der Waals surface area contributed by atoms with Gasteiger partial charge in [-0.3, -0.25) is 4.57 Å². The first kappa shape index (κ1) is 16.7. The van der Waals surface area contributed by atoms with Gasteiger partial charge in [-0.1, -0.05) is 42.1 Å². The minimum absolute atomic E-state index is 0.219. The molecule has 0 amide bonds. The van der Waals surface area contributed by atoms with Gasteiger partial charge in [0.15, 0.2) is 3.82 Å². The Bertz CT molecular complexity index is 582. The third-order valence-corrected chi connectivity index (χ3v) is 11.0. The average Bonchev–Trinajstić information content (AvgIpc) is 3.10. The first-order valence-electron chi connectivity index (χ1n) is 7.63. The van der Waals surface area contributed by atoms with E-state index >= 15 is 0 Å². The molecule has 120 valence electrons. The van der Waals surface area contributed by atoms with Crippen LogP contribution in [0.1, 0.15) is 20.3 Å². The van der Waals surface area contributed by atoms with E-state index in [4.69, 9.17) is 9.05 Å². The van der Waals surface area contributed by atoms with Crippen LogP contribution in [0.3, 0.4) is 0 Å². The van der Waals surface area contributed by atoms with Gasteiger partial charge in [0, 0.05) is 16.1 Å². The Balaban J connectivity index is 2.00. The van der Waals surface area contributed by atoms with Crippen LogP contribution in [0.2, 0.25) is 0 Å². The maximum absolute atomic E-state index is 13.6. The van der Waals surface area contributed by atoms with Crippen LogP contribution in [0.5, 0.6) is 0 Å². The van der Waals surface area contributed by atoms with Crippen molar-refractivity contribution >= 4 is 31.1 Å². The fraction of sp³-hybridized carbons (Fsp3) is 0.500. The molecule has 1 heterocycles. The Morgan fingerprint density at radius 3 is 2.41 bits per heavy atom. The molecule has 0 aromatic heterocycles.